The van der Waals surface area contributed by atoms with Crippen LogP contribution < -0.4 is 4.74 Å². The Kier molecular flexibility index (Phi) is 6.34. The third-order valence-corrected chi connectivity index (χ3v) is 6.22. The number of thiocarbonyl (C=S) groups is 1. The Bertz CT molecular complexity index is 1180. The van der Waals surface area contributed by atoms with Crippen molar-refractivity contribution in [3.05, 3.63) is 82.8 Å². The van der Waals surface area contributed by atoms with E-state index in [1.165, 1.54) is 34.5 Å². The standard InChI is InChI=1S/C24H19NO4S2/c1-28-22(26)14-25-23(27)21(31-24(25)30)13-16-9-11-19(12-10-16)29-15-18-7-4-6-17-5-2-3-8-20(17)18/h2-13H,14-15H2,1H3/b21-13-. The van der Waals surface area contributed by atoms with E-state index < -0.39 is 5.97 Å². The van der Waals surface area contributed by atoms with Crippen LogP contribution in [0, 0.1) is 0 Å². The van der Waals surface area contributed by atoms with E-state index in [1.807, 2.05) is 42.5 Å². The molecule has 1 aliphatic heterocycles. The van der Waals surface area contributed by atoms with Gasteiger partial charge < -0.3 is 9.47 Å². The van der Waals surface area contributed by atoms with Crippen LogP contribution in [0.15, 0.2) is 71.6 Å². The van der Waals surface area contributed by atoms with Gasteiger partial charge in [0, 0.05) is 0 Å². The summed E-state index contributed by atoms with van der Waals surface area (Å²) in [6, 6.07) is 21.9. The lowest BCUT2D eigenvalue weighted by atomic mass is 10.1. The van der Waals surface area contributed by atoms with Crippen LogP contribution in [0.25, 0.3) is 16.8 Å². The Labute approximate surface area is 189 Å². The molecule has 0 saturated carbocycles. The Balaban J connectivity index is 1.43. The van der Waals surface area contributed by atoms with Crippen LogP contribution in [0.4, 0.5) is 0 Å². The van der Waals surface area contributed by atoms with E-state index in [0.717, 1.165) is 16.9 Å². The Morgan fingerprint density at radius 1 is 1.06 bits per heavy atom. The van der Waals surface area contributed by atoms with Gasteiger partial charge in [0.15, 0.2) is 0 Å². The summed E-state index contributed by atoms with van der Waals surface area (Å²) in [5.41, 5.74) is 1.97. The Morgan fingerprint density at radius 2 is 1.81 bits per heavy atom. The molecule has 156 valence electrons. The maximum Gasteiger partial charge on any atom is 0.325 e. The molecule has 7 heteroatoms. The van der Waals surface area contributed by atoms with Gasteiger partial charge in [0.1, 0.15) is 23.2 Å². The van der Waals surface area contributed by atoms with Crippen LogP contribution in [-0.4, -0.2) is 34.8 Å². The number of hydrogen-bond donors (Lipinski definition) is 0. The molecular weight excluding hydrogens is 430 g/mol. The minimum Gasteiger partial charge on any atom is -0.489 e. The fourth-order valence-corrected chi connectivity index (χ4v) is 4.48. The Morgan fingerprint density at radius 3 is 2.58 bits per heavy atom. The number of rotatable bonds is 6. The molecule has 0 atom stereocenters. The van der Waals surface area contributed by atoms with Crippen molar-refractivity contribution >= 4 is 57.0 Å². The maximum atomic E-state index is 12.5. The first-order valence-corrected chi connectivity index (χ1v) is 10.8. The van der Waals surface area contributed by atoms with Crippen LogP contribution in [-0.2, 0) is 20.9 Å². The van der Waals surface area contributed by atoms with Crippen LogP contribution >= 0.6 is 24.0 Å². The summed E-state index contributed by atoms with van der Waals surface area (Å²) in [5.74, 6) is -0.0646. The summed E-state index contributed by atoms with van der Waals surface area (Å²) < 4.78 is 10.9. The van der Waals surface area contributed by atoms with Gasteiger partial charge in [-0.25, -0.2) is 0 Å². The van der Waals surface area contributed by atoms with Crippen molar-refractivity contribution in [1.29, 1.82) is 0 Å². The molecule has 0 bridgehead atoms. The average Bonchev–Trinajstić information content (AvgIpc) is 3.05. The first kappa shape index (κ1) is 21.1. The van der Waals surface area contributed by atoms with Crippen molar-refractivity contribution in [3.8, 4) is 5.75 Å². The predicted molar refractivity (Wildman–Crippen MR) is 127 cm³/mol. The van der Waals surface area contributed by atoms with E-state index in [9.17, 15) is 9.59 Å². The second-order valence-corrected chi connectivity index (χ2v) is 8.52. The minimum absolute atomic E-state index is 0.181. The number of fused-ring (bicyclic) bond motifs is 1. The fraction of sp³-hybridized carbons (Fsp3) is 0.125. The lowest BCUT2D eigenvalue weighted by Crippen LogP contribution is -2.33. The second-order valence-electron chi connectivity index (χ2n) is 6.84. The summed E-state index contributed by atoms with van der Waals surface area (Å²) >= 11 is 6.38. The zero-order valence-corrected chi connectivity index (χ0v) is 18.4. The third-order valence-electron chi connectivity index (χ3n) is 4.84. The number of benzene rings is 3. The van der Waals surface area contributed by atoms with Crippen molar-refractivity contribution in [1.82, 2.24) is 4.90 Å². The topological polar surface area (TPSA) is 55.8 Å². The number of carbonyl (C=O) groups excluding carboxylic acids is 2. The lowest BCUT2D eigenvalue weighted by molar-refractivity contribution is -0.143. The van der Waals surface area contributed by atoms with Gasteiger partial charge in [-0.15, -0.1) is 0 Å². The quantitative estimate of drug-likeness (QED) is 0.306. The number of ether oxygens (including phenoxy) is 2. The molecule has 4 rings (SSSR count). The molecule has 1 fully saturated rings. The number of nitrogens with zero attached hydrogens (tertiary/aromatic N) is 1. The van der Waals surface area contributed by atoms with E-state index in [4.69, 9.17) is 17.0 Å². The highest BCUT2D eigenvalue weighted by molar-refractivity contribution is 8.26. The number of methoxy groups -OCH3 is 1. The molecule has 3 aromatic carbocycles. The molecule has 0 N–H and O–H groups in total. The number of esters is 1. The monoisotopic (exact) mass is 449 g/mol. The second kappa shape index (κ2) is 9.32. The molecule has 1 aliphatic rings. The summed E-state index contributed by atoms with van der Waals surface area (Å²) in [5, 5.41) is 2.36. The van der Waals surface area contributed by atoms with Gasteiger partial charge in [-0.1, -0.05) is 78.6 Å². The molecule has 0 aromatic heterocycles. The van der Waals surface area contributed by atoms with Gasteiger partial charge in [0.05, 0.1) is 12.0 Å². The Hall–Kier alpha value is -3.16. The smallest absolute Gasteiger partial charge is 0.325 e. The zero-order valence-electron chi connectivity index (χ0n) is 16.7. The largest absolute Gasteiger partial charge is 0.489 e. The highest BCUT2D eigenvalue weighted by Gasteiger charge is 2.33. The van der Waals surface area contributed by atoms with Gasteiger partial charge >= 0.3 is 5.97 Å². The SMILES string of the molecule is COC(=O)CN1C(=O)/C(=C/c2ccc(OCc3cccc4ccccc34)cc2)SC1=S. The molecule has 1 saturated heterocycles. The zero-order chi connectivity index (χ0) is 21.8. The van der Waals surface area contributed by atoms with Crippen molar-refractivity contribution in [2.24, 2.45) is 0 Å². The molecule has 1 amide bonds. The van der Waals surface area contributed by atoms with Crippen LogP contribution in [0.2, 0.25) is 0 Å². The molecule has 31 heavy (non-hydrogen) atoms. The van der Waals surface area contributed by atoms with Gasteiger partial charge in [-0.2, -0.15) is 0 Å². The van der Waals surface area contributed by atoms with Gasteiger partial charge in [-0.05, 0) is 40.1 Å². The van der Waals surface area contributed by atoms with Crippen LogP contribution in [0.3, 0.4) is 0 Å². The van der Waals surface area contributed by atoms with Crippen LogP contribution in [0.5, 0.6) is 5.75 Å². The first-order valence-electron chi connectivity index (χ1n) is 9.57. The molecule has 0 aliphatic carbocycles. The first-order chi connectivity index (χ1) is 15.0. The van der Waals surface area contributed by atoms with Crippen molar-refractivity contribution in [2.75, 3.05) is 13.7 Å². The number of hydrogen-bond acceptors (Lipinski definition) is 6. The van der Waals surface area contributed by atoms with Crippen molar-refractivity contribution in [3.63, 3.8) is 0 Å². The summed E-state index contributed by atoms with van der Waals surface area (Å²) in [7, 11) is 1.28. The van der Waals surface area contributed by atoms with E-state index in [0.29, 0.717) is 15.8 Å². The molecule has 1 heterocycles. The maximum absolute atomic E-state index is 12.5. The van der Waals surface area contributed by atoms with E-state index in [-0.39, 0.29) is 12.5 Å². The number of carbonyl (C=O) groups is 2. The van der Waals surface area contributed by atoms with Crippen LogP contribution in [0.1, 0.15) is 11.1 Å². The number of thioether (sulfide) groups is 1. The molecule has 5 nitrogen and oxygen atoms in total. The molecular formula is C24H19NO4S2. The van der Waals surface area contributed by atoms with E-state index in [2.05, 4.69) is 29.0 Å². The summed E-state index contributed by atoms with van der Waals surface area (Å²) in [6.45, 7) is 0.284. The number of amides is 1. The average molecular weight is 450 g/mol. The van der Waals surface area contributed by atoms with E-state index >= 15 is 0 Å². The third kappa shape index (κ3) is 4.78. The highest BCUT2D eigenvalue weighted by Crippen LogP contribution is 2.32. The molecule has 0 unspecified atom stereocenters. The van der Waals surface area contributed by atoms with Crippen molar-refractivity contribution < 1.29 is 19.1 Å². The predicted octanol–water partition coefficient (Wildman–Crippen LogP) is 4.79. The normalized spacial score (nSPS) is 15.0. The van der Waals surface area contributed by atoms with Gasteiger partial charge in [0.2, 0.25) is 0 Å². The molecule has 3 aromatic rings. The van der Waals surface area contributed by atoms with Gasteiger partial charge in [-0.3, -0.25) is 14.5 Å². The van der Waals surface area contributed by atoms with E-state index in [1.54, 1.807) is 6.08 Å². The van der Waals surface area contributed by atoms with Crippen molar-refractivity contribution in [2.45, 2.75) is 6.61 Å². The molecule has 0 radical (unpaired) electrons. The van der Waals surface area contributed by atoms with Gasteiger partial charge in [0.25, 0.3) is 5.91 Å². The minimum atomic E-state index is -0.509. The fourth-order valence-electron chi connectivity index (χ4n) is 3.22. The highest BCUT2D eigenvalue weighted by atomic mass is 32.2. The summed E-state index contributed by atoms with van der Waals surface area (Å²) in [4.78, 5) is 25.7. The lowest BCUT2D eigenvalue weighted by Gasteiger charge is -2.11. The molecule has 0 spiro atoms. The summed E-state index contributed by atoms with van der Waals surface area (Å²) in [6.07, 6.45) is 1.76.